The minimum absolute atomic E-state index is 0.125. The fourth-order valence-electron chi connectivity index (χ4n) is 2.10. The molecule has 2 aromatic rings. The zero-order chi connectivity index (χ0) is 14.7. The Hall–Kier alpha value is -1.81. The van der Waals surface area contributed by atoms with E-state index in [1.54, 1.807) is 12.1 Å². The van der Waals surface area contributed by atoms with Gasteiger partial charge in [-0.2, -0.15) is 0 Å². The van der Waals surface area contributed by atoms with Crippen molar-refractivity contribution in [2.45, 2.75) is 19.9 Å². The quantitative estimate of drug-likeness (QED) is 0.857. The third kappa shape index (κ3) is 3.20. The number of hydrogen-bond donors (Lipinski definition) is 2. The van der Waals surface area contributed by atoms with E-state index in [0.29, 0.717) is 5.56 Å². The van der Waals surface area contributed by atoms with Crippen LogP contribution in [0, 0.1) is 6.92 Å². The first-order valence-corrected chi connectivity index (χ1v) is 7.13. The Morgan fingerprint density at radius 3 is 2.55 bits per heavy atom. The van der Waals surface area contributed by atoms with Crippen LogP contribution in [0.5, 0.6) is 0 Å². The van der Waals surface area contributed by atoms with Crippen molar-refractivity contribution in [3.63, 3.8) is 0 Å². The average Bonchev–Trinajstić information content (AvgIpc) is 2.41. The zero-order valence-corrected chi connectivity index (χ0v) is 12.9. The van der Waals surface area contributed by atoms with Gasteiger partial charge in [0.15, 0.2) is 0 Å². The largest absolute Gasteiger partial charge is 0.478 e. The number of benzene rings is 2. The van der Waals surface area contributed by atoms with Crippen molar-refractivity contribution in [2.75, 3.05) is 5.32 Å². The predicted molar refractivity (Wildman–Crippen MR) is 84.3 cm³/mol. The molecule has 0 spiro atoms. The number of nitrogens with one attached hydrogen (secondary N) is 1. The predicted octanol–water partition coefficient (Wildman–Crippen LogP) is 4.63. The van der Waals surface area contributed by atoms with Gasteiger partial charge >= 0.3 is 5.97 Å². The maximum absolute atomic E-state index is 10.9. The Balaban J connectivity index is 2.22. The van der Waals surface area contributed by atoms with Gasteiger partial charge in [-0.1, -0.05) is 34.1 Å². The van der Waals surface area contributed by atoms with E-state index in [-0.39, 0.29) is 6.04 Å². The molecule has 0 saturated heterocycles. The van der Waals surface area contributed by atoms with Crippen LogP contribution in [-0.2, 0) is 0 Å². The van der Waals surface area contributed by atoms with E-state index in [1.165, 1.54) is 0 Å². The van der Waals surface area contributed by atoms with Crippen molar-refractivity contribution in [1.82, 2.24) is 0 Å². The first-order chi connectivity index (χ1) is 9.49. The summed E-state index contributed by atoms with van der Waals surface area (Å²) in [4.78, 5) is 10.9. The van der Waals surface area contributed by atoms with E-state index >= 15 is 0 Å². The van der Waals surface area contributed by atoms with Gasteiger partial charge in [-0.05, 0) is 49.2 Å². The van der Waals surface area contributed by atoms with Gasteiger partial charge < -0.3 is 10.4 Å². The molecule has 0 aliphatic rings. The number of carbonyl (C=O) groups is 1. The van der Waals surface area contributed by atoms with Crippen LogP contribution >= 0.6 is 15.9 Å². The van der Waals surface area contributed by atoms with Crippen LogP contribution in [0.1, 0.15) is 34.5 Å². The van der Waals surface area contributed by atoms with Gasteiger partial charge in [0.1, 0.15) is 0 Å². The molecule has 104 valence electrons. The number of carboxylic acid groups (broad SMARTS) is 1. The molecule has 4 heteroatoms. The fraction of sp³-hybridized carbons (Fsp3) is 0.188. The normalized spacial score (nSPS) is 11.9. The molecule has 20 heavy (non-hydrogen) atoms. The Morgan fingerprint density at radius 1 is 1.25 bits per heavy atom. The van der Waals surface area contributed by atoms with Crippen molar-refractivity contribution in [3.8, 4) is 0 Å². The lowest BCUT2D eigenvalue weighted by Gasteiger charge is -2.19. The highest BCUT2D eigenvalue weighted by Crippen LogP contribution is 2.27. The second-order valence-corrected chi connectivity index (χ2v) is 5.58. The van der Waals surface area contributed by atoms with E-state index in [0.717, 1.165) is 21.3 Å². The molecule has 0 aromatic heterocycles. The number of halogens is 1. The van der Waals surface area contributed by atoms with Gasteiger partial charge in [-0.3, -0.25) is 0 Å². The molecule has 1 atom stereocenters. The van der Waals surface area contributed by atoms with Crippen LogP contribution in [-0.4, -0.2) is 11.1 Å². The van der Waals surface area contributed by atoms with Gasteiger partial charge in [0, 0.05) is 16.2 Å². The summed E-state index contributed by atoms with van der Waals surface area (Å²) in [5.74, 6) is -0.904. The molecule has 0 aliphatic carbocycles. The SMILES string of the molecule is Cc1cc(C(=O)O)ccc1NC(C)c1ccccc1Br. The highest BCUT2D eigenvalue weighted by atomic mass is 79.9. The van der Waals surface area contributed by atoms with Gasteiger partial charge in [-0.15, -0.1) is 0 Å². The standard InChI is InChI=1S/C16H16BrNO2/c1-10-9-12(16(19)20)7-8-15(10)18-11(2)13-5-3-4-6-14(13)17/h3-9,11,18H,1-2H3,(H,19,20). The summed E-state index contributed by atoms with van der Waals surface area (Å²) in [6.45, 7) is 3.98. The molecule has 0 heterocycles. The molecule has 0 bridgehead atoms. The highest BCUT2D eigenvalue weighted by Gasteiger charge is 2.11. The van der Waals surface area contributed by atoms with Crippen LogP contribution in [0.25, 0.3) is 0 Å². The summed E-state index contributed by atoms with van der Waals surface area (Å²) in [5, 5.41) is 12.4. The van der Waals surface area contributed by atoms with E-state index in [4.69, 9.17) is 5.11 Å². The number of anilines is 1. The second kappa shape index (κ2) is 6.09. The van der Waals surface area contributed by atoms with E-state index < -0.39 is 5.97 Å². The molecular weight excluding hydrogens is 318 g/mol. The van der Waals surface area contributed by atoms with Crippen molar-refractivity contribution in [3.05, 3.63) is 63.6 Å². The zero-order valence-electron chi connectivity index (χ0n) is 11.4. The average molecular weight is 334 g/mol. The summed E-state index contributed by atoms with van der Waals surface area (Å²) >= 11 is 3.54. The molecular formula is C16H16BrNO2. The first-order valence-electron chi connectivity index (χ1n) is 6.34. The molecule has 0 saturated carbocycles. The van der Waals surface area contributed by atoms with Crippen LogP contribution in [0.4, 0.5) is 5.69 Å². The monoisotopic (exact) mass is 333 g/mol. The van der Waals surface area contributed by atoms with Gasteiger partial charge in [0.05, 0.1) is 5.56 Å². The first kappa shape index (κ1) is 14.6. The number of aromatic carboxylic acids is 1. The molecule has 3 nitrogen and oxygen atoms in total. The third-order valence-electron chi connectivity index (χ3n) is 3.22. The van der Waals surface area contributed by atoms with Crippen molar-refractivity contribution in [1.29, 1.82) is 0 Å². The second-order valence-electron chi connectivity index (χ2n) is 4.72. The minimum Gasteiger partial charge on any atom is -0.478 e. The molecule has 0 radical (unpaired) electrons. The smallest absolute Gasteiger partial charge is 0.335 e. The van der Waals surface area contributed by atoms with Crippen LogP contribution in [0.15, 0.2) is 46.9 Å². The Bertz CT molecular complexity index is 640. The lowest BCUT2D eigenvalue weighted by molar-refractivity contribution is 0.0697. The third-order valence-corrected chi connectivity index (χ3v) is 3.94. The Kier molecular flexibility index (Phi) is 4.45. The van der Waals surface area contributed by atoms with Crippen molar-refractivity contribution in [2.24, 2.45) is 0 Å². The van der Waals surface area contributed by atoms with Gasteiger partial charge in [0.2, 0.25) is 0 Å². The molecule has 0 aliphatic heterocycles. The summed E-state index contributed by atoms with van der Waals surface area (Å²) in [7, 11) is 0. The molecule has 0 fully saturated rings. The minimum atomic E-state index is -0.904. The van der Waals surface area contributed by atoms with E-state index in [2.05, 4.69) is 34.2 Å². The lowest BCUT2D eigenvalue weighted by Crippen LogP contribution is -2.09. The number of hydrogen-bond acceptors (Lipinski definition) is 2. The Labute approximate surface area is 126 Å². The van der Waals surface area contributed by atoms with Crippen molar-refractivity contribution >= 4 is 27.6 Å². The topological polar surface area (TPSA) is 49.3 Å². The summed E-state index contributed by atoms with van der Waals surface area (Å²) in [6, 6.07) is 13.3. The summed E-state index contributed by atoms with van der Waals surface area (Å²) in [5.41, 5.74) is 3.33. The molecule has 2 N–H and O–H groups in total. The molecule has 2 rings (SSSR count). The van der Waals surface area contributed by atoms with Gasteiger partial charge in [-0.25, -0.2) is 4.79 Å². The van der Waals surface area contributed by atoms with Crippen molar-refractivity contribution < 1.29 is 9.90 Å². The van der Waals surface area contributed by atoms with Crippen LogP contribution in [0.3, 0.4) is 0 Å². The molecule has 2 aromatic carbocycles. The van der Waals surface area contributed by atoms with Crippen LogP contribution < -0.4 is 5.32 Å². The molecule has 1 unspecified atom stereocenters. The Morgan fingerprint density at radius 2 is 1.95 bits per heavy atom. The molecule has 0 amide bonds. The lowest BCUT2D eigenvalue weighted by atomic mass is 10.1. The number of aryl methyl sites for hydroxylation is 1. The number of carboxylic acids is 1. The van der Waals surface area contributed by atoms with E-state index in [1.807, 2.05) is 31.2 Å². The maximum Gasteiger partial charge on any atom is 0.335 e. The fourth-order valence-corrected chi connectivity index (χ4v) is 2.72. The number of rotatable bonds is 4. The van der Waals surface area contributed by atoms with E-state index in [9.17, 15) is 4.79 Å². The maximum atomic E-state index is 10.9. The van der Waals surface area contributed by atoms with Gasteiger partial charge in [0.25, 0.3) is 0 Å². The van der Waals surface area contributed by atoms with Crippen LogP contribution in [0.2, 0.25) is 0 Å². The highest BCUT2D eigenvalue weighted by molar-refractivity contribution is 9.10. The summed E-state index contributed by atoms with van der Waals surface area (Å²) < 4.78 is 1.06. The summed E-state index contributed by atoms with van der Waals surface area (Å²) in [6.07, 6.45) is 0.